The van der Waals surface area contributed by atoms with E-state index in [0.29, 0.717) is 29.1 Å². The van der Waals surface area contributed by atoms with Gasteiger partial charge in [0.15, 0.2) is 11.4 Å². The Hall–Kier alpha value is -4.13. The van der Waals surface area contributed by atoms with Crippen molar-refractivity contribution in [3.05, 3.63) is 52.0 Å². The summed E-state index contributed by atoms with van der Waals surface area (Å²) in [4.78, 5) is 45.6. The zero-order valence-electron chi connectivity index (χ0n) is 26.1. The molecule has 4 aliphatic rings. The predicted molar refractivity (Wildman–Crippen MR) is 165 cm³/mol. The van der Waals surface area contributed by atoms with Crippen LogP contribution in [0.5, 0.6) is 5.75 Å². The number of phenols is 1. The molecule has 6 rings (SSSR count). The van der Waals surface area contributed by atoms with E-state index in [1.54, 1.807) is 26.2 Å². The van der Waals surface area contributed by atoms with Crippen LogP contribution >= 0.6 is 0 Å². The van der Waals surface area contributed by atoms with Crippen LogP contribution < -0.4 is 10.6 Å². The van der Waals surface area contributed by atoms with E-state index >= 15 is 0 Å². The summed E-state index contributed by atoms with van der Waals surface area (Å²) >= 11 is 0. The van der Waals surface area contributed by atoms with Crippen LogP contribution in [0.1, 0.15) is 49.0 Å². The number of benzene rings is 1. The minimum Gasteiger partial charge on any atom is -0.508 e. The van der Waals surface area contributed by atoms with Crippen LogP contribution in [0.15, 0.2) is 39.5 Å². The third kappa shape index (κ3) is 4.41. The molecule has 6 N–H and O–H groups in total. The molecular weight excluding hydrogens is 580 g/mol. The standard InChI is InChI=1S/C33H40N4O8/c1-15-17-12-19-26(36(4)5)29(40)25(32(34)43)31(42)33(19,44)30(41)23(17)28(39)24-22(15)20(35(2)3)13-18(27(24)38)21-9-8-16(45-21)14-37-10-6-7-11-37/h8-9,13,15,17,19,26,38-39,42,44H,6-7,10-12,14H2,1-5H3,(H2,34,43)/t15-,17+,19-,26+,33-/m0/s1. The molecule has 240 valence electrons. The maximum absolute atomic E-state index is 14.3. The van der Waals surface area contributed by atoms with Crippen molar-refractivity contribution in [3.63, 3.8) is 0 Å². The van der Waals surface area contributed by atoms with E-state index in [1.807, 2.05) is 32.0 Å². The number of fused-ring (bicyclic) bond motifs is 3. The maximum atomic E-state index is 14.3. The number of amides is 1. The van der Waals surface area contributed by atoms with Gasteiger partial charge in [-0.05, 0) is 82.0 Å². The number of nitrogens with zero attached hydrogens (tertiary/aromatic N) is 3. The summed E-state index contributed by atoms with van der Waals surface area (Å²) in [5, 5.41) is 46.7. The maximum Gasteiger partial charge on any atom is 0.255 e. The number of ketones is 2. The van der Waals surface area contributed by atoms with Gasteiger partial charge in [-0.15, -0.1) is 0 Å². The lowest BCUT2D eigenvalue weighted by molar-refractivity contribution is -0.154. The Kier molecular flexibility index (Phi) is 7.37. The number of carbonyl (C=O) groups is 3. The summed E-state index contributed by atoms with van der Waals surface area (Å²) < 4.78 is 6.16. The highest BCUT2D eigenvalue weighted by molar-refractivity contribution is 6.24. The normalized spacial score (nSPS) is 28.4. The number of nitrogens with two attached hydrogens (primary N) is 1. The molecule has 0 unspecified atom stereocenters. The number of hydrogen-bond acceptors (Lipinski definition) is 11. The number of aliphatic hydroxyl groups is 3. The molecule has 2 aromatic rings. The molecule has 45 heavy (non-hydrogen) atoms. The summed E-state index contributed by atoms with van der Waals surface area (Å²) in [6.45, 7) is 4.47. The van der Waals surface area contributed by atoms with Crippen LogP contribution in [-0.2, 0) is 20.9 Å². The second-order valence-corrected chi connectivity index (χ2v) is 13.2. The highest BCUT2D eigenvalue weighted by Gasteiger charge is 2.65. The number of hydrogen-bond donors (Lipinski definition) is 5. The molecule has 1 saturated heterocycles. The molecular formula is C33H40N4O8. The molecule has 2 heterocycles. The Labute approximate surface area is 261 Å². The zero-order valence-corrected chi connectivity index (χ0v) is 26.1. The molecule has 0 spiro atoms. The lowest BCUT2D eigenvalue weighted by Gasteiger charge is -2.51. The van der Waals surface area contributed by atoms with Gasteiger partial charge in [0.2, 0.25) is 5.78 Å². The van der Waals surface area contributed by atoms with Gasteiger partial charge >= 0.3 is 0 Å². The van der Waals surface area contributed by atoms with Crippen molar-refractivity contribution in [2.75, 3.05) is 46.2 Å². The number of furan rings is 1. The number of aliphatic hydroxyl groups excluding tert-OH is 2. The average Bonchev–Trinajstić information content (AvgIpc) is 3.65. The first kappa shape index (κ1) is 30.9. The van der Waals surface area contributed by atoms with Gasteiger partial charge in [-0.25, -0.2) is 0 Å². The Morgan fingerprint density at radius 2 is 1.78 bits per heavy atom. The molecule has 1 aromatic carbocycles. The minimum atomic E-state index is -2.70. The number of carbonyl (C=O) groups excluding carboxylic acids is 3. The second-order valence-electron chi connectivity index (χ2n) is 13.2. The molecule has 12 nitrogen and oxygen atoms in total. The Morgan fingerprint density at radius 1 is 1.11 bits per heavy atom. The summed E-state index contributed by atoms with van der Waals surface area (Å²) in [7, 11) is 6.82. The van der Waals surface area contributed by atoms with E-state index in [9.17, 15) is 34.8 Å². The minimum absolute atomic E-state index is 0.0142. The zero-order chi connectivity index (χ0) is 32.7. The van der Waals surface area contributed by atoms with Crippen molar-refractivity contribution in [2.24, 2.45) is 17.6 Å². The first-order chi connectivity index (χ1) is 21.2. The van der Waals surface area contributed by atoms with Gasteiger partial charge in [0.05, 0.1) is 23.7 Å². The van der Waals surface area contributed by atoms with Crippen LogP contribution in [0.3, 0.4) is 0 Å². The molecule has 5 atom stereocenters. The van der Waals surface area contributed by atoms with Gasteiger partial charge in [-0.1, -0.05) is 6.92 Å². The Morgan fingerprint density at radius 3 is 2.38 bits per heavy atom. The molecule has 12 heteroatoms. The van der Waals surface area contributed by atoms with Crippen LogP contribution in [0, 0.1) is 11.8 Å². The van der Waals surface area contributed by atoms with Gasteiger partial charge in [0.1, 0.15) is 34.4 Å². The number of likely N-dealkylation sites (N-methyl/N-ethyl adjacent to an activating group) is 1. The molecule has 0 radical (unpaired) electrons. The fourth-order valence-electron chi connectivity index (χ4n) is 7.99. The van der Waals surface area contributed by atoms with Crippen LogP contribution in [0.4, 0.5) is 5.69 Å². The van der Waals surface area contributed by atoms with Crippen molar-refractivity contribution in [1.82, 2.24) is 9.80 Å². The van der Waals surface area contributed by atoms with E-state index < -0.39 is 64.0 Å². The summed E-state index contributed by atoms with van der Waals surface area (Å²) in [6, 6.07) is 4.27. The van der Waals surface area contributed by atoms with Crippen LogP contribution in [-0.4, -0.2) is 101 Å². The molecule has 1 saturated carbocycles. The third-order valence-corrected chi connectivity index (χ3v) is 10.2. The monoisotopic (exact) mass is 620 g/mol. The molecule has 1 amide bonds. The van der Waals surface area contributed by atoms with E-state index in [4.69, 9.17) is 10.2 Å². The van der Waals surface area contributed by atoms with Crippen molar-refractivity contribution in [1.29, 1.82) is 0 Å². The smallest absolute Gasteiger partial charge is 0.255 e. The first-order valence-corrected chi connectivity index (χ1v) is 15.2. The number of primary amides is 1. The molecule has 1 aliphatic heterocycles. The predicted octanol–water partition coefficient (Wildman–Crippen LogP) is 2.45. The van der Waals surface area contributed by atoms with Gasteiger partial charge < -0.3 is 35.5 Å². The van der Waals surface area contributed by atoms with Crippen LogP contribution in [0.2, 0.25) is 0 Å². The van der Waals surface area contributed by atoms with E-state index in [-0.39, 0.29) is 23.3 Å². The fourth-order valence-corrected chi connectivity index (χ4v) is 7.99. The highest BCUT2D eigenvalue weighted by Crippen LogP contribution is 2.58. The highest BCUT2D eigenvalue weighted by atomic mass is 16.4. The number of rotatable bonds is 6. The van der Waals surface area contributed by atoms with Crippen molar-refractivity contribution in [3.8, 4) is 17.1 Å². The van der Waals surface area contributed by atoms with E-state index in [2.05, 4.69) is 4.90 Å². The lowest BCUT2D eigenvalue weighted by atomic mass is 9.55. The number of anilines is 1. The van der Waals surface area contributed by atoms with Crippen molar-refractivity contribution >= 4 is 28.9 Å². The Bertz CT molecular complexity index is 1680. The lowest BCUT2D eigenvalue weighted by Crippen LogP contribution is -2.66. The fraction of sp³-hybridized carbons (Fsp3) is 0.485. The van der Waals surface area contributed by atoms with Gasteiger partial charge in [0.25, 0.3) is 5.91 Å². The van der Waals surface area contributed by atoms with E-state index in [1.165, 1.54) is 4.90 Å². The third-order valence-electron chi connectivity index (χ3n) is 10.2. The molecule has 2 fully saturated rings. The van der Waals surface area contributed by atoms with Gasteiger partial charge in [0, 0.05) is 31.3 Å². The average molecular weight is 621 g/mol. The number of likely N-dealkylation sites (tertiary alicyclic amines) is 1. The molecule has 3 aliphatic carbocycles. The second kappa shape index (κ2) is 10.7. The Balaban J connectivity index is 1.53. The SMILES string of the molecule is C[C@@H]1c2c(N(C)C)cc(-c3ccc(CN4CCCC4)o3)c(O)c2C(O)=C2C(=O)[C@]3(O)C(O)=C(C(N)=O)C(=O)[C@H](N(C)C)[C@@H]3C[C@@H]21. The number of phenolic OH excluding ortho intramolecular Hbond substituents is 1. The number of aromatic hydroxyl groups is 1. The van der Waals surface area contributed by atoms with Crippen molar-refractivity contribution in [2.45, 2.75) is 50.3 Å². The van der Waals surface area contributed by atoms with Gasteiger partial charge in [-0.2, -0.15) is 0 Å². The molecule has 1 aromatic heterocycles. The van der Waals surface area contributed by atoms with E-state index in [0.717, 1.165) is 31.7 Å². The topological polar surface area (TPSA) is 181 Å². The summed E-state index contributed by atoms with van der Waals surface area (Å²) in [5.74, 6) is -6.23. The van der Waals surface area contributed by atoms with Gasteiger partial charge in [-0.3, -0.25) is 24.2 Å². The van der Waals surface area contributed by atoms with Crippen LogP contribution in [0.25, 0.3) is 17.1 Å². The summed E-state index contributed by atoms with van der Waals surface area (Å²) in [6.07, 6.45) is 2.29. The first-order valence-electron chi connectivity index (χ1n) is 15.2. The summed E-state index contributed by atoms with van der Waals surface area (Å²) in [5.41, 5.74) is 3.32. The molecule has 0 bridgehead atoms. The number of Topliss-reactive ketones (excluding diaryl/α,β-unsaturated/α-hetero) is 2. The van der Waals surface area contributed by atoms with Crippen molar-refractivity contribution < 1.29 is 39.2 Å². The quantitative estimate of drug-likeness (QED) is 0.299. The largest absolute Gasteiger partial charge is 0.508 e.